The number of aromatic nitrogens is 2. The number of nitrogens with one attached hydrogen (secondary N) is 1. The minimum atomic E-state index is -0.585. The smallest absolute Gasteiger partial charge is 0.233 e. The van der Waals surface area contributed by atoms with Gasteiger partial charge in [-0.2, -0.15) is 4.98 Å². The molecule has 9 nitrogen and oxygen atoms in total. The zero-order chi connectivity index (χ0) is 23.4. The Balaban J connectivity index is 1.42. The number of hydrogen-bond acceptors (Lipinski definition) is 7. The topological polar surface area (TPSA) is 102 Å². The maximum absolute atomic E-state index is 15.3. The summed E-state index contributed by atoms with van der Waals surface area (Å²) in [6.07, 6.45) is 7.41. The zero-order valence-corrected chi connectivity index (χ0v) is 19.5. The van der Waals surface area contributed by atoms with Gasteiger partial charge >= 0.3 is 0 Å². The lowest BCUT2D eigenvalue weighted by molar-refractivity contribution is -0.155. The molecule has 2 aliphatic heterocycles. The molecule has 1 aromatic rings. The number of fused-ring (bicyclic) bond motifs is 1. The van der Waals surface area contributed by atoms with Gasteiger partial charge in [0.1, 0.15) is 5.69 Å². The summed E-state index contributed by atoms with van der Waals surface area (Å²) in [6.45, 7) is 3.05. The fourth-order valence-electron chi connectivity index (χ4n) is 5.46. The average Bonchev–Trinajstić information content (AvgIpc) is 3.50. The van der Waals surface area contributed by atoms with Crippen LogP contribution < -0.4 is 10.2 Å². The van der Waals surface area contributed by atoms with Crippen molar-refractivity contribution >= 4 is 29.7 Å². The number of piperazine rings is 1. The Kier molecular flexibility index (Phi) is 7.98. The lowest BCUT2D eigenvalue weighted by atomic mass is 9.92. The number of carbonyl (C=O) groups is 2. The van der Waals surface area contributed by atoms with Crippen LogP contribution in [0.3, 0.4) is 0 Å². The molecule has 182 valence electrons. The summed E-state index contributed by atoms with van der Waals surface area (Å²) in [5.41, 5.74) is 0.0306. The predicted molar refractivity (Wildman–Crippen MR) is 120 cm³/mol. The van der Waals surface area contributed by atoms with E-state index in [-0.39, 0.29) is 42.2 Å². The van der Waals surface area contributed by atoms with Crippen molar-refractivity contribution < 1.29 is 19.2 Å². The molecule has 0 unspecified atom stereocenters. The van der Waals surface area contributed by atoms with Crippen molar-refractivity contribution in [3.8, 4) is 0 Å². The van der Waals surface area contributed by atoms with Crippen LogP contribution in [0.1, 0.15) is 50.6 Å². The minimum absolute atomic E-state index is 0.0306. The highest BCUT2D eigenvalue weighted by Crippen LogP contribution is 2.31. The van der Waals surface area contributed by atoms with E-state index in [1.807, 2.05) is 4.90 Å². The maximum Gasteiger partial charge on any atom is 0.233 e. The first-order valence-electron chi connectivity index (χ1n) is 11.8. The summed E-state index contributed by atoms with van der Waals surface area (Å²) >= 11 is 6.11. The molecular weight excluding hydrogens is 451 g/mol. The van der Waals surface area contributed by atoms with E-state index < -0.39 is 11.7 Å². The number of amides is 2. The highest BCUT2D eigenvalue weighted by molar-refractivity contribution is 6.28. The summed E-state index contributed by atoms with van der Waals surface area (Å²) in [6, 6.07) is 0.394. The van der Waals surface area contributed by atoms with Crippen LogP contribution in [0, 0.1) is 17.7 Å². The van der Waals surface area contributed by atoms with Crippen LogP contribution in [0.25, 0.3) is 0 Å². The molecule has 2 amide bonds. The third-order valence-electron chi connectivity index (χ3n) is 7.18. The largest absolute Gasteiger partial charge is 0.351 e. The molecule has 3 heterocycles. The highest BCUT2D eigenvalue weighted by atomic mass is 35.5. The summed E-state index contributed by atoms with van der Waals surface area (Å²) in [5, 5.41) is 12.8. The molecule has 2 atom stereocenters. The molecule has 33 heavy (non-hydrogen) atoms. The Labute approximate surface area is 198 Å². The first kappa shape index (κ1) is 24.1. The number of rotatable bonds is 9. The molecule has 0 radical (unpaired) electrons. The van der Waals surface area contributed by atoms with Gasteiger partial charge in [0, 0.05) is 25.7 Å². The van der Waals surface area contributed by atoms with E-state index in [9.17, 15) is 14.8 Å². The Morgan fingerprint density at radius 2 is 2.03 bits per heavy atom. The van der Waals surface area contributed by atoms with E-state index in [1.165, 1.54) is 0 Å². The van der Waals surface area contributed by atoms with Crippen molar-refractivity contribution in [2.45, 2.75) is 57.5 Å². The van der Waals surface area contributed by atoms with Crippen LogP contribution >= 0.6 is 11.6 Å². The van der Waals surface area contributed by atoms with E-state index >= 15 is 4.39 Å². The van der Waals surface area contributed by atoms with Crippen LogP contribution in [0.15, 0.2) is 0 Å². The Morgan fingerprint density at radius 3 is 2.79 bits per heavy atom. The lowest BCUT2D eigenvalue weighted by Gasteiger charge is -2.38. The van der Waals surface area contributed by atoms with Gasteiger partial charge in [-0.3, -0.25) is 19.7 Å². The van der Waals surface area contributed by atoms with Gasteiger partial charge in [0.15, 0.2) is 11.6 Å². The third-order valence-corrected chi connectivity index (χ3v) is 7.35. The number of carbonyl (C=O) groups excluding carboxylic acids is 2. The summed E-state index contributed by atoms with van der Waals surface area (Å²) in [5.74, 6) is -0.950. The molecule has 1 saturated carbocycles. The highest BCUT2D eigenvalue weighted by Gasteiger charge is 2.33. The predicted octanol–water partition coefficient (Wildman–Crippen LogP) is 2.21. The second-order valence-electron chi connectivity index (χ2n) is 9.38. The standard InChI is InChI=1S/C22H32ClFN6O3/c23-22-26-18(19(24)20(27-22)29-9-8-28-7-3-6-17(28)13-29)11-25-21(32)16(12-30(33)14-31)10-15-4-1-2-5-15/h14-17,33H,1-13H2,(H,25,32)/t16-,17-/m1/s1. The molecule has 2 saturated heterocycles. The lowest BCUT2D eigenvalue weighted by Crippen LogP contribution is -2.50. The van der Waals surface area contributed by atoms with E-state index in [4.69, 9.17) is 11.6 Å². The van der Waals surface area contributed by atoms with Crippen molar-refractivity contribution in [3.63, 3.8) is 0 Å². The molecule has 2 N–H and O–H groups in total. The first-order chi connectivity index (χ1) is 15.9. The van der Waals surface area contributed by atoms with Crippen molar-refractivity contribution in [2.24, 2.45) is 11.8 Å². The number of nitrogens with zero attached hydrogens (tertiary/aromatic N) is 5. The van der Waals surface area contributed by atoms with E-state index in [2.05, 4.69) is 20.2 Å². The summed E-state index contributed by atoms with van der Waals surface area (Å²) < 4.78 is 15.3. The number of halogens is 2. The van der Waals surface area contributed by atoms with Crippen LogP contribution in [0.2, 0.25) is 5.28 Å². The van der Waals surface area contributed by atoms with Gasteiger partial charge in [0.05, 0.1) is 19.0 Å². The Hall–Kier alpha value is -2.04. The molecular formula is C22H32ClFN6O3. The fourth-order valence-corrected chi connectivity index (χ4v) is 5.64. The van der Waals surface area contributed by atoms with Crippen molar-refractivity contribution in [1.82, 2.24) is 25.2 Å². The Bertz CT molecular complexity index is 856. The maximum atomic E-state index is 15.3. The SMILES string of the molecule is O=CN(O)C[C@@H](CC1CCCC1)C(=O)NCc1nc(Cl)nc(N2CCN3CCC[C@@H]3C2)c1F. The van der Waals surface area contributed by atoms with E-state index in [0.29, 0.717) is 36.5 Å². The molecule has 1 aromatic heterocycles. The van der Waals surface area contributed by atoms with Gasteiger partial charge in [-0.05, 0) is 43.3 Å². The third kappa shape index (κ3) is 5.91. The van der Waals surface area contributed by atoms with Crippen molar-refractivity contribution in [3.05, 3.63) is 16.8 Å². The second kappa shape index (κ2) is 10.9. The number of anilines is 1. The Morgan fingerprint density at radius 1 is 1.24 bits per heavy atom. The zero-order valence-electron chi connectivity index (χ0n) is 18.8. The van der Waals surface area contributed by atoms with Crippen LogP contribution in [0.4, 0.5) is 10.2 Å². The fraction of sp³-hybridized carbons (Fsp3) is 0.727. The minimum Gasteiger partial charge on any atom is -0.351 e. The molecule has 0 aromatic carbocycles. The molecule has 3 fully saturated rings. The van der Waals surface area contributed by atoms with Crippen LogP contribution in [-0.2, 0) is 16.1 Å². The first-order valence-corrected chi connectivity index (χ1v) is 12.2. The van der Waals surface area contributed by atoms with Crippen molar-refractivity contribution in [2.75, 3.05) is 37.6 Å². The summed E-state index contributed by atoms with van der Waals surface area (Å²) in [7, 11) is 0. The number of hydroxylamine groups is 2. The molecule has 0 bridgehead atoms. The van der Waals surface area contributed by atoms with Crippen molar-refractivity contribution in [1.29, 1.82) is 0 Å². The van der Waals surface area contributed by atoms with E-state index in [0.717, 1.165) is 51.6 Å². The van der Waals surface area contributed by atoms with Crippen LogP contribution in [-0.4, -0.2) is 76.2 Å². The van der Waals surface area contributed by atoms with Crippen LogP contribution in [0.5, 0.6) is 0 Å². The van der Waals surface area contributed by atoms with Gasteiger partial charge in [-0.25, -0.2) is 14.4 Å². The monoisotopic (exact) mass is 482 g/mol. The molecule has 11 heteroatoms. The molecule has 3 aliphatic rings. The second-order valence-corrected chi connectivity index (χ2v) is 9.72. The molecule has 1 aliphatic carbocycles. The average molecular weight is 483 g/mol. The van der Waals surface area contributed by atoms with Gasteiger partial charge in [-0.15, -0.1) is 0 Å². The summed E-state index contributed by atoms with van der Waals surface area (Å²) in [4.78, 5) is 36.3. The normalized spacial score (nSPS) is 22.3. The van der Waals surface area contributed by atoms with Gasteiger partial charge < -0.3 is 10.2 Å². The molecule has 4 rings (SSSR count). The quantitative estimate of drug-likeness (QED) is 0.241. The molecule has 0 spiro atoms. The van der Waals surface area contributed by atoms with Gasteiger partial charge in [0.2, 0.25) is 17.6 Å². The van der Waals surface area contributed by atoms with E-state index in [1.54, 1.807) is 0 Å². The number of hydrogen-bond donors (Lipinski definition) is 2. The van der Waals surface area contributed by atoms with Gasteiger partial charge in [0.25, 0.3) is 0 Å². The van der Waals surface area contributed by atoms with Gasteiger partial charge in [-0.1, -0.05) is 25.7 Å².